The third-order valence-electron chi connectivity index (χ3n) is 6.44. The number of pyridine rings is 2. The van der Waals surface area contributed by atoms with Gasteiger partial charge in [0.25, 0.3) is 0 Å². The molecule has 0 fully saturated rings. The normalized spacial score (nSPS) is 12.2. The summed E-state index contributed by atoms with van der Waals surface area (Å²) in [7, 11) is 0. The van der Waals surface area contributed by atoms with Crippen LogP contribution >= 0.6 is 11.3 Å². The molecule has 7 nitrogen and oxygen atoms in total. The average molecular weight is 493 g/mol. The Balaban J connectivity index is 1.51. The number of hydrogen-bond acceptors (Lipinski definition) is 6. The van der Waals surface area contributed by atoms with Crippen molar-refractivity contribution in [2.45, 2.75) is 33.6 Å². The van der Waals surface area contributed by atoms with E-state index in [0.29, 0.717) is 5.13 Å². The van der Waals surface area contributed by atoms with Gasteiger partial charge in [-0.2, -0.15) is 5.10 Å². The quantitative estimate of drug-likeness (QED) is 0.343. The van der Waals surface area contributed by atoms with E-state index in [1.165, 1.54) is 29.4 Å². The van der Waals surface area contributed by atoms with Gasteiger partial charge in [-0.1, -0.05) is 23.5 Å². The van der Waals surface area contributed by atoms with Crippen molar-refractivity contribution in [1.29, 1.82) is 0 Å². The number of rotatable bonds is 4. The lowest BCUT2D eigenvalue weighted by Crippen LogP contribution is -2.07. The second-order valence-electron chi connectivity index (χ2n) is 8.99. The molecule has 0 bridgehead atoms. The van der Waals surface area contributed by atoms with Crippen LogP contribution < -0.4 is 5.32 Å². The van der Waals surface area contributed by atoms with Gasteiger partial charge in [0.05, 0.1) is 27.6 Å². The van der Waals surface area contributed by atoms with E-state index in [4.69, 9.17) is 10.1 Å². The number of benzene rings is 1. The standard InChI is InChI=1S/C28H24N6OS/c1-16-12-13-29-15-23(16)19-6-8-21(9-7-19)34-26-22(25(33-34)20-5-4-17(2)30-14-20)10-11-24-27(26)36-28(32-24)31-18(3)35/h4-9,12-15H,10-11H2,1-3H3,(H,31,32,35). The molecule has 1 N–H and O–H groups in total. The number of carbonyl (C=O) groups excluding carboxylic acids is 1. The number of thiazole rings is 1. The first-order valence-electron chi connectivity index (χ1n) is 11.8. The Kier molecular flexibility index (Phi) is 5.45. The monoisotopic (exact) mass is 492 g/mol. The first-order valence-corrected chi connectivity index (χ1v) is 12.6. The molecular weight excluding hydrogens is 468 g/mol. The molecular formula is C28H24N6OS. The molecule has 1 aliphatic rings. The summed E-state index contributed by atoms with van der Waals surface area (Å²) in [6, 6.07) is 14.5. The van der Waals surface area contributed by atoms with Gasteiger partial charge in [-0.25, -0.2) is 9.67 Å². The summed E-state index contributed by atoms with van der Waals surface area (Å²) in [5, 5.41) is 8.58. The number of fused-ring (bicyclic) bond motifs is 3. The van der Waals surface area contributed by atoms with Crippen LogP contribution in [0.4, 0.5) is 5.13 Å². The van der Waals surface area contributed by atoms with E-state index < -0.39 is 0 Å². The molecule has 6 rings (SSSR count). The summed E-state index contributed by atoms with van der Waals surface area (Å²) >= 11 is 1.50. The van der Waals surface area contributed by atoms with Crippen molar-refractivity contribution in [3.8, 4) is 38.6 Å². The molecule has 1 aliphatic carbocycles. The number of anilines is 1. The van der Waals surface area contributed by atoms with Crippen LogP contribution in [0.2, 0.25) is 0 Å². The fraction of sp³-hybridized carbons (Fsp3) is 0.179. The Morgan fingerprint density at radius 1 is 1.00 bits per heavy atom. The minimum absolute atomic E-state index is 0.123. The molecule has 0 spiro atoms. The number of aromatic nitrogens is 5. The molecule has 0 unspecified atom stereocenters. The van der Waals surface area contributed by atoms with Crippen molar-refractivity contribution in [3.05, 3.63) is 83.6 Å². The van der Waals surface area contributed by atoms with Gasteiger partial charge in [0.15, 0.2) is 5.13 Å². The zero-order valence-corrected chi connectivity index (χ0v) is 21.1. The van der Waals surface area contributed by atoms with Crippen molar-refractivity contribution >= 4 is 22.4 Å². The number of amides is 1. The largest absolute Gasteiger partial charge is 0.302 e. The van der Waals surface area contributed by atoms with Gasteiger partial charge in [-0.3, -0.25) is 14.8 Å². The first kappa shape index (κ1) is 22.3. The maximum atomic E-state index is 11.7. The Hall–Kier alpha value is -4.17. The molecule has 0 aliphatic heterocycles. The Morgan fingerprint density at radius 3 is 2.53 bits per heavy atom. The summed E-state index contributed by atoms with van der Waals surface area (Å²) in [5.74, 6) is -0.123. The van der Waals surface area contributed by atoms with Crippen LogP contribution in [0.25, 0.3) is 38.6 Å². The minimum atomic E-state index is -0.123. The van der Waals surface area contributed by atoms with E-state index in [1.54, 1.807) is 0 Å². The lowest BCUT2D eigenvalue weighted by Gasteiger charge is -2.14. The van der Waals surface area contributed by atoms with Crippen LogP contribution in [0.1, 0.15) is 29.4 Å². The zero-order valence-electron chi connectivity index (χ0n) is 20.2. The van der Waals surface area contributed by atoms with E-state index in [9.17, 15) is 4.79 Å². The number of hydrogen-bond donors (Lipinski definition) is 1. The van der Waals surface area contributed by atoms with Gasteiger partial charge in [-0.05, 0) is 68.1 Å². The molecule has 1 amide bonds. The number of aryl methyl sites for hydroxylation is 3. The Labute approximate surface area is 212 Å². The third-order valence-corrected chi connectivity index (χ3v) is 7.46. The molecule has 0 saturated heterocycles. The maximum Gasteiger partial charge on any atom is 0.223 e. The van der Waals surface area contributed by atoms with Crippen molar-refractivity contribution < 1.29 is 4.79 Å². The summed E-state index contributed by atoms with van der Waals surface area (Å²) in [5.41, 5.74) is 10.5. The van der Waals surface area contributed by atoms with E-state index in [0.717, 1.165) is 62.9 Å². The number of nitrogens with zero attached hydrogens (tertiary/aromatic N) is 5. The Bertz CT molecular complexity index is 1600. The van der Waals surface area contributed by atoms with Crippen LogP contribution in [0.3, 0.4) is 0 Å². The van der Waals surface area contributed by atoms with Gasteiger partial charge in [0, 0.05) is 47.9 Å². The van der Waals surface area contributed by atoms with Crippen molar-refractivity contribution in [3.63, 3.8) is 0 Å². The zero-order chi connectivity index (χ0) is 24.8. The molecule has 1 aromatic carbocycles. The molecule has 0 saturated carbocycles. The summed E-state index contributed by atoms with van der Waals surface area (Å²) in [6.07, 6.45) is 7.22. The molecule has 178 valence electrons. The Morgan fingerprint density at radius 2 is 1.81 bits per heavy atom. The highest BCUT2D eigenvalue weighted by atomic mass is 32.1. The lowest BCUT2D eigenvalue weighted by atomic mass is 9.95. The van der Waals surface area contributed by atoms with Gasteiger partial charge in [0.2, 0.25) is 5.91 Å². The van der Waals surface area contributed by atoms with Crippen molar-refractivity contribution in [2.75, 3.05) is 5.32 Å². The topological polar surface area (TPSA) is 85.6 Å². The molecule has 4 aromatic heterocycles. The van der Waals surface area contributed by atoms with Crippen LogP contribution in [0, 0.1) is 13.8 Å². The number of nitrogens with one attached hydrogen (secondary N) is 1. The van der Waals surface area contributed by atoms with Gasteiger partial charge >= 0.3 is 0 Å². The molecule has 0 atom stereocenters. The molecule has 8 heteroatoms. The fourth-order valence-electron chi connectivity index (χ4n) is 4.65. The van der Waals surface area contributed by atoms with Crippen molar-refractivity contribution in [1.82, 2.24) is 24.7 Å². The lowest BCUT2D eigenvalue weighted by molar-refractivity contribution is -0.114. The molecule has 4 heterocycles. The average Bonchev–Trinajstić information content (AvgIpc) is 3.45. The summed E-state index contributed by atoms with van der Waals surface area (Å²) in [6.45, 7) is 5.58. The van der Waals surface area contributed by atoms with Crippen LogP contribution in [-0.4, -0.2) is 30.6 Å². The smallest absolute Gasteiger partial charge is 0.223 e. The number of carbonyl (C=O) groups is 1. The molecule has 0 radical (unpaired) electrons. The predicted molar refractivity (Wildman–Crippen MR) is 142 cm³/mol. The summed E-state index contributed by atoms with van der Waals surface area (Å²) in [4.78, 5) is 26.2. The summed E-state index contributed by atoms with van der Waals surface area (Å²) < 4.78 is 2.01. The van der Waals surface area contributed by atoms with Crippen LogP contribution in [-0.2, 0) is 17.6 Å². The maximum absolute atomic E-state index is 11.7. The van der Waals surface area contributed by atoms with E-state index in [-0.39, 0.29) is 5.91 Å². The van der Waals surface area contributed by atoms with Gasteiger partial charge in [0.1, 0.15) is 0 Å². The SMILES string of the molecule is CC(=O)Nc1nc2c(s1)-c1c(c(-c3ccc(C)nc3)nn1-c1ccc(-c3cnccc3C)cc1)CC2. The highest BCUT2D eigenvalue weighted by Crippen LogP contribution is 2.44. The fourth-order valence-corrected chi connectivity index (χ4v) is 5.76. The second kappa shape index (κ2) is 8.80. The highest BCUT2D eigenvalue weighted by Gasteiger charge is 2.30. The van der Waals surface area contributed by atoms with Crippen molar-refractivity contribution in [2.24, 2.45) is 0 Å². The van der Waals surface area contributed by atoms with E-state index >= 15 is 0 Å². The van der Waals surface area contributed by atoms with E-state index in [2.05, 4.69) is 52.5 Å². The van der Waals surface area contributed by atoms with E-state index in [1.807, 2.05) is 42.3 Å². The highest BCUT2D eigenvalue weighted by molar-refractivity contribution is 7.19. The first-order chi connectivity index (χ1) is 17.5. The minimum Gasteiger partial charge on any atom is -0.302 e. The second-order valence-corrected chi connectivity index (χ2v) is 9.99. The molecule has 5 aromatic rings. The van der Waals surface area contributed by atoms with Gasteiger partial charge in [-0.15, -0.1) is 0 Å². The third kappa shape index (κ3) is 3.89. The van der Waals surface area contributed by atoms with Crippen LogP contribution in [0.15, 0.2) is 61.1 Å². The van der Waals surface area contributed by atoms with Gasteiger partial charge < -0.3 is 5.32 Å². The molecule has 36 heavy (non-hydrogen) atoms. The van der Waals surface area contributed by atoms with Crippen LogP contribution in [0.5, 0.6) is 0 Å². The predicted octanol–water partition coefficient (Wildman–Crippen LogP) is 5.79.